The van der Waals surface area contributed by atoms with E-state index in [2.05, 4.69) is 15.1 Å². The van der Waals surface area contributed by atoms with Gasteiger partial charge in [-0.15, -0.1) is 10.2 Å². The highest BCUT2D eigenvalue weighted by Gasteiger charge is 2.35. The normalized spacial score (nSPS) is 21.6. The number of nitrogens with zero attached hydrogens (tertiary/aromatic N) is 4. The van der Waals surface area contributed by atoms with Crippen LogP contribution < -0.4 is 10.6 Å². The molecule has 0 spiro atoms. The van der Waals surface area contributed by atoms with Crippen LogP contribution >= 0.6 is 11.8 Å². The van der Waals surface area contributed by atoms with Crippen molar-refractivity contribution in [2.75, 3.05) is 24.7 Å². The smallest absolute Gasteiger partial charge is 0.233 e. The predicted octanol–water partition coefficient (Wildman–Crippen LogP) is 3.33. The Balaban J connectivity index is 1.39. The maximum Gasteiger partial charge on any atom is 0.233 e. The summed E-state index contributed by atoms with van der Waals surface area (Å²) in [6.07, 6.45) is 7.35. The number of fused-ring (bicyclic) bond motifs is 1. The minimum Gasteiger partial charge on any atom is -0.494 e. The number of aromatic nitrogens is 3. The van der Waals surface area contributed by atoms with Crippen LogP contribution in [-0.4, -0.2) is 50.6 Å². The van der Waals surface area contributed by atoms with Gasteiger partial charge in [-0.05, 0) is 62.8 Å². The lowest BCUT2D eigenvalue weighted by atomic mass is 9.78. The first-order chi connectivity index (χ1) is 14.2. The average molecular weight is 416 g/mol. The summed E-state index contributed by atoms with van der Waals surface area (Å²) in [6, 6.07) is 8.03. The first-order valence-corrected chi connectivity index (χ1v) is 11.5. The molecule has 156 valence electrons. The lowest BCUT2D eigenvalue weighted by Gasteiger charge is -2.44. The molecule has 1 aliphatic heterocycles. The Morgan fingerprint density at radius 2 is 1.93 bits per heavy atom. The van der Waals surface area contributed by atoms with E-state index in [1.165, 1.54) is 42.1 Å². The van der Waals surface area contributed by atoms with E-state index in [1.54, 1.807) is 0 Å². The number of carbonyl (C=O) groups is 1. The van der Waals surface area contributed by atoms with Crippen LogP contribution in [0.25, 0.3) is 11.4 Å². The summed E-state index contributed by atoms with van der Waals surface area (Å²) >= 11 is 1.36. The molecule has 1 aliphatic carbocycles. The maximum absolute atomic E-state index is 12.9. The minimum absolute atomic E-state index is 0.192. The molecule has 7 nitrogen and oxygen atoms in total. The number of nitrogens with two attached hydrogens (primary N) is 1. The zero-order chi connectivity index (χ0) is 20.2. The molecule has 0 unspecified atom stereocenters. The summed E-state index contributed by atoms with van der Waals surface area (Å²) in [4.78, 5) is 15.0. The fourth-order valence-corrected chi connectivity index (χ4v) is 5.33. The third-order valence-corrected chi connectivity index (χ3v) is 6.90. The molecular weight excluding hydrogens is 386 g/mol. The summed E-state index contributed by atoms with van der Waals surface area (Å²) in [5.41, 5.74) is 0.864. The van der Waals surface area contributed by atoms with Gasteiger partial charge in [-0.1, -0.05) is 24.6 Å². The highest BCUT2D eigenvalue weighted by Crippen LogP contribution is 2.35. The number of hydrogen-bond donors (Lipinski definition) is 1. The quantitative estimate of drug-likeness (QED) is 0.575. The van der Waals surface area contributed by atoms with E-state index in [0.717, 1.165) is 30.7 Å². The monoisotopic (exact) mass is 415 g/mol. The SMILES string of the molecule is CCOc1ccc(-c2nnc(SCC(=O)N3CCC[C@@H]4CCCC[C@H]43)n2N)cc1. The fourth-order valence-electron chi connectivity index (χ4n) is 4.58. The Labute approximate surface area is 176 Å². The molecule has 1 saturated carbocycles. The molecule has 1 aromatic heterocycles. The van der Waals surface area contributed by atoms with Crippen LogP contribution in [0.3, 0.4) is 0 Å². The molecule has 1 amide bonds. The van der Waals surface area contributed by atoms with E-state index < -0.39 is 0 Å². The van der Waals surface area contributed by atoms with Crippen LogP contribution in [0.2, 0.25) is 0 Å². The van der Waals surface area contributed by atoms with Crippen LogP contribution in [-0.2, 0) is 4.79 Å². The topological polar surface area (TPSA) is 86.3 Å². The highest BCUT2D eigenvalue weighted by atomic mass is 32.2. The first-order valence-electron chi connectivity index (χ1n) is 10.5. The number of benzene rings is 1. The van der Waals surface area contributed by atoms with Gasteiger partial charge in [0.15, 0.2) is 5.82 Å². The molecule has 1 aromatic carbocycles. The second-order valence-electron chi connectivity index (χ2n) is 7.76. The van der Waals surface area contributed by atoms with Crippen LogP contribution in [0.4, 0.5) is 0 Å². The Morgan fingerprint density at radius 1 is 1.17 bits per heavy atom. The summed E-state index contributed by atoms with van der Waals surface area (Å²) in [5, 5.41) is 8.97. The molecular formula is C21H29N5O2S. The van der Waals surface area contributed by atoms with Gasteiger partial charge in [0.05, 0.1) is 12.4 Å². The van der Waals surface area contributed by atoms with E-state index in [0.29, 0.717) is 35.3 Å². The number of hydrogen-bond acceptors (Lipinski definition) is 6. The zero-order valence-electron chi connectivity index (χ0n) is 16.9. The summed E-state index contributed by atoms with van der Waals surface area (Å²) in [7, 11) is 0. The van der Waals surface area contributed by atoms with E-state index in [1.807, 2.05) is 31.2 Å². The van der Waals surface area contributed by atoms with Crippen LogP contribution in [0.5, 0.6) is 5.75 Å². The van der Waals surface area contributed by atoms with Crippen LogP contribution in [0.1, 0.15) is 45.4 Å². The zero-order valence-corrected chi connectivity index (χ0v) is 17.7. The van der Waals surface area contributed by atoms with Gasteiger partial charge in [0.1, 0.15) is 5.75 Å². The minimum atomic E-state index is 0.192. The maximum atomic E-state index is 12.9. The molecule has 2 fully saturated rings. The van der Waals surface area contributed by atoms with Gasteiger partial charge in [-0.3, -0.25) is 4.79 Å². The van der Waals surface area contributed by atoms with Crippen LogP contribution in [0, 0.1) is 5.92 Å². The van der Waals surface area contributed by atoms with Crippen molar-refractivity contribution in [3.63, 3.8) is 0 Å². The van der Waals surface area contributed by atoms with Crippen molar-refractivity contribution >= 4 is 17.7 Å². The van der Waals surface area contributed by atoms with Gasteiger partial charge in [-0.25, -0.2) is 4.68 Å². The second-order valence-corrected chi connectivity index (χ2v) is 8.71. The van der Waals surface area contributed by atoms with Gasteiger partial charge < -0.3 is 15.5 Å². The standard InChI is InChI=1S/C21H29N5O2S/c1-2-28-17-11-9-16(10-12-17)20-23-24-21(26(20)22)29-14-19(27)25-13-5-7-15-6-3-4-8-18(15)25/h9-12,15,18H,2-8,13-14,22H2,1H3/t15-,18+/m0/s1. The largest absolute Gasteiger partial charge is 0.494 e. The van der Waals surface area contributed by atoms with Gasteiger partial charge in [0.25, 0.3) is 0 Å². The van der Waals surface area contributed by atoms with E-state index in [-0.39, 0.29) is 5.91 Å². The first kappa shape index (κ1) is 20.1. The molecule has 0 radical (unpaired) electrons. The molecule has 2 atom stereocenters. The molecule has 2 heterocycles. The third-order valence-electron chi connectivity index (χ3n) is 5.98. The van der Waals surface area contributed by atoms with Crippen molar-refractivity contribution in [1.82, 2.24) is 19.8 Å². The Bertz CT molecular complexity index is 836. The van der Waals surface area contributed by atoms with Crippen molar-refractivity contribution < 1.29 is 9.53 Å². The number of nitrogen functional groups attached to an aromatic ring is 1. The summed E-state index contributed by atoms with van der Waals surface area (Å²) in [6.45, 7) is 3.46. The van der Waals surface area contributed by atoms with Gasteiger partial charge >= 0.3 is 0 Å². The molecule has 2 aromatic rings. The van der Waals surface area contributed by atoms with Crippen molar-refractivity contribution in [3.8, 4) is 17.1 Å². The van der Waals surface area contributed by atoms with Crippen LogP contribution in [0.15, 0.2) is 29.4 Å². The van der Waals surface area contributed by atoms with E-state index >= 15 is 0 Å². The Morgan fingerprint density at radius 3 is 2.72 bits per heavy atom. The number of rotatable bonds is 6. The lowest BCUT2D eigenvalue weighted by molar-refractivity contribution is -0.134. The Kier molecular flexibility index (Phi) is 6.28. The number of likely N-dealkylation sites (tertiary alicyclic amines) is 1. The Hall–Kier alpha value is -2.22. The van der Waals surface area contributed by atoms with Crippen molar-refractivity contribution in [2.24, 2.45) is 5.92 Å². The number of carbonyl (C=O) groups excluding carboxylic acids is 1. The third kappa shape index (κ3) is 4.37. The molecule has 2 aliphatic rings. The average Bonchev–Trinajstić information content (AvgIpc) is 3.12. The number of thioether (sulfide) groups is 1. The highest BCUT2D eigenvalue weighted by molar-refractivity contribution is 7.99. The van der Waals surface area contributed by atoms with E-state index in [9.17, 15) is 4.79 Å². The van der Waals surface area contributed by atoms with E-state index in [4.69, 9.17) is 10.6 Å². The number of piperidine rings is 1. The predicted molar refractivity (Wildman–Crippen MR) is 114 cm³/mol. The number of ether oxygens (including phenoxy) is 1. The second kappa shape index (κ2) is 9.07. The molecule has 2 N–H and O–H groups in total. The number of amides is 1. The molecule has 29 heavy (non-hydrogen) atoms. The molecule has 0 bridgehead atoms. The van der Waals surface area contributed by atoms with Gasteiger partial charge in [0, 0.05) is 18.2 Å². The van der Waals surface area contributed by atoms with Gasteiger partial charge in [0.2, 0.25) is 11.1 Å². The fraction of sp³-hybridized carbons (Fsp3) is 0.571. The van der Waals surface area contributed by atoms with Crippen molar-refractivity contribution in [3.05, 3.63) is 24.3 Å². The van der Waals surface area contributed by atoms with Crippen molar-refractivity contribution in [1.29, 1.82) is 0 Å². The molecule has 4 rings (SSSR count). The molecule has 1 saturated heterocycles. The lowest BCUT2D eigenvalue weighted by Crippen LogP contribution is -2.50. The summed E-state index contributed by atoms with van der Waals surface area (Å²) in [5.74, 6) is 8.83. The van der Waals surface area contributed by atoms with Crippen molar-refractivity contribution in [2.45, 2.75) is 56.6 Å². The van der Waals surface area contributed by atoms with Gasteiger partial charge in [-0.2, -0.15) is 0 Å². The summed E-state index contributed by atoms with van der Waals surface area (Å²) < 4.78 is 6.94. The molecule has 8 heteroatoms.